The highest BCUT2D eigenvalue weighted by atomic mass is 19.1. The molecule has 2 aromatic rings. The molecular weight excluding hydrogens is 413 g/mol. The van der Waals surface area contributed by atoms with Crippen molar-refractivity contribution in [2.24, 2.45) is 4.99 Å². The van der Waals surface area contributed by atoms with Gasteiger partial charge in [0.25, 0.3) is 0 Å². The molecule has 0 amide bonds. The summed E-state index contributed by atoms with van der Waals surface area (Å²) in [5.74, 6) is 1.26. The molecular formula is C23H32FN5O3. The Hall–Kier alpha value is -2.75. The summed E-state index contributed by atoms with van der Waals surface area (Å²) < 4.78 is 24.0. The molecule has 3 N–H and O–H groups in total. The molecule has 1 saturated heterocycles. The van der Waals surface area contributed by atoms with Gasteiger partial charge < -0.3 is 25.2 Å². The van der Waals surface area contributed by atoms with Crippen LogP contribution in [0.1, 0.15) is 19.4 Å². The lowest BCUT2D eigenvalue weighted by Gasteiger charge is -2.34. The minimum Gasteiger partial charge on any atom is -0.439 e. The first-order valence-corrected chi connectivity index (χ1v) is 10.9. The second kappa shape index (κ2) is 11.8. The second-order valence-corrected chi connectivity index (χ2v) is 7.99. The number of aliphatic hydroxyl groups is 1. The van der Waals surface area contributed by atoms with Crippen LogP contribution in [-0.2, 0) is 11.3 Å². The number of β-amino-alcohol motifs (C(OH)–C–C–N with tert-alkyl or cyclic N) is 1. The molecule has 2 heterocycles. The zero-order valence-corrected chi connectivity index (χ0v) is 18.7. The third-order valence-electron chi connectivity index (χ3n) is 4.90. The lowest BCUT2D eigenvalue weighted by molar-refractivity contribution is -0.0201. The van der Waals surface area contributed by atoms with Crippen LogP contribution in [0.25, 0.3) is 0 Å². The summed E-state index contributed by atoms with van der Waals surface area (Å²) >= 11 is 0. The van der Waals surface area contributed by atoms with Gasteiger partial charge in [0, 0.05) is 45.0 Å². The molecule has 1 fully saturated rings. The average Bonchev–Trinajstić information content (AvgIpc) is 2.79. The molecule has 1 aromatic carbocycles. The van der Waals surface area contributed by atoms with Gasteiger partial charge in [-0.15, -0.1) is 0 Å². The summed E-state index contributed by atoms with van der Waals surface area (Å²) in [6, 6.07) is 9.42. The lowest BCUT2D eigenvalue weighted by Crippen LogP contribution is -2.52. The van der Waals surface area contributed by atoms with Gasteiger partial charge >= 0.3 is 0 Å². The molecule has 1 aliphatic heterocycles. The Kier molecular flexibility index (Phi) is 8.78. The Bertz CT molecular complexity index is 853. The Morgan fingerprint density at radius 1 is 1.22 bits per heavy atom. The number of morpholine rings is 1. The maximum atomic E-state index is 13.0. The van der Waals surface area contributed by atoms with Gasteiger partial charge in [0.1, 0.15) is 11.6 Å². The number of aliphatic imine (C=N–C) groups is 1. The second-order valence-electron chi connectivity index (χ2n) is 7.99. The van der Waals surface area contributed by atoms with Crippen molar-refractivity contribution in [2.75, 3.05) is 45.9 Å². The summed E-state index contributed by atoms with van der Waals surface area (Å²) in [7, 11) is 0. The van der Waals surface area contributed by atoms with Gasteiger partial charge in [-0.25, -0.2) is 14.4 Å². The first kappa shape index (κ1) is 23.9. The molecule has 9 heteroatoms. The van der Waals surface area contributed by atoms with E-state index in [4.69, 9.17) is 9.47 Å². The third-order valence-corrected chi connectivity index (χ3v) is 4.90. The summed E-state index contributed by atoms with van der Waals surface area (Å²) in [6.07, 6.45) is 1.69. The van der Waals surface area contributed by atoms with Crippen LogP contribution in [0.2, 0.25) is 0 Å². The van der Waals surface area contributed by atoms with Gasteiger partial charge in [-0.1, -0.05) is 6.07 Å². The van der Waals surface area contributed by atoms with Crippen molar-refractivity contribution in [1.82, 2.24) is 20.5 Å². The van der Waals surface area contributed by atoms with E-state index in [1.807, 2.05) is 19.9 Å². The monoisotopic (exact) mass is 445 g/mol. The molecule has 32 heavy (non-hydrogen) atoms. The van der Waals surface area contributed by atoms with Crippen LogP contribution in [-0.4, -0.2) is 72.5 Å². The molecule has 1 unspecified atom stereocenters. The molecule has 0 bridgehead atoms. The number of aromatic nitrogens is 1. The molecule has 3 rings (SSSR count). The number of halogens is 1. The van der Waals surface area contributed by atoms with Crippen LogP contribution in [0.5, 0.6) is 11.6 Å². The van der Waals surface area contributed by atoms with E-state index in [1.54, 1.807) is 24.4 Å². The van der Waals surface area contributed by atoms with Crippen molar-refractivity contribution in [3.05, 3.63) is 54.0 Å². The Balaban J connectivity index is 1.51. The van der Waals surface area contributed by atoms with E-state index in [0.29, 0.717) is 57.0 Å². The fourth-order valence-corrected chi connectivity index (χ4v) is 3.27. The van der Waals surface area contributed by atoms with Crippen LogP contribution < -0.4 is 15.4 Å². The number of hydrogen-bond donors (Lipinski definition) is 3. The van der Waals surface area contributed by atoms with Gasteiger partial charge in [0.05, 0.1) is 25.4 Å². The standard InChI is InChI=1S/C23H32FN5O3/c1-3-25-22(28-16-23(2,30)17-29-10-12-31-13-11-29)27-15-18-4-9-21(26-14-18)32-20-7-5-19(24)6-8-20/h4-9,14,30H,3,10-13,15-17H2,1-2H3,(H2,25,27,28). The maximum absolute atomic E-state index is 13.0. The van der Waals surface area contributed by atoms with E-state index >= 15 is 0 Å². The summed E-state index contributed by atoms with van der Waals surface area (Å²) in [6.45, 7) is 8.96. The highest BCUT2D eigenvalue weighted by Gasteiger charge is 2.25. The number of pyridine rings is 1. The quantitative estimate of drug-likeness (QED) is 0.402. The van der Waals surface area contributed by atoms with E-state index in [9.17, 15) is 9.50 Å². The van der Waals surface area contributed by atoms with Crippen molar-refractivity contribution < 1.29 is 19.0 Å². The minimum absolute atomic E-state index is 0.314. The molecule has 1 atom stereocenters. The van der Waals surface area contributed by atoms with Crippen molar-refractivity contribution in [1.29, 1.82) is 0 Å². The predicted octanol–water partition coefficient (Wildman–Crippen LogP) is 2.15. The zero-order chi connectivity index (χ0) is 22.8. The molecule has 8 nitrogen and oxygen atoms in total. The highest BCUT2D eigenvalue weighted by Crippen LogP contribution is 2.19. The summed E-state index contributed by atoms with van der Waals surface area (Å²) in [4.78, 5) is 11.1. The van der Waals surface area contributed by atoms with Gasteiger partial charge in [-0.3, -0.25) is 4.90 Å². The Labute approximate surface area is 188 Å². The average molecular weight is 446 g/mol. The van der Waals surface area contributed by atoms with Gasteiger partial charge in [-0.05, 0) is 43.7 Å². The molecule has 0 spiro atoms. The highest BCUT2D eigenvalue weighted by molar-refractivity contribution is 5.79. The smallest absolute Gasteiger partial charge is 0.219 e. The van der Waals surface area contributed by atoms with Crippen molar-refractivity contribution in [2.45, 2.75) is 26.0 Å². The molecule has 1 aromatic heterocycles. The summed E-state index contributed by atoms with van der Waals surface area (Å²) in [5.41, 5.74) is 0.0164. The topological polar surface area (TPSA) is 91.2 Å². The fraction of sp³-hybridized carbons (Fsp3) is 0.478. The molecule has 1 aliphatic rings. The lowest BCUT2D eigenvalue weighted by atomic mass is 10.1. The third kappa shape index (κ3) is 8.07. The van der Waals surface area contributed by atoms with Gasteiger partial charge in [0.2, 0.25) is 5.88 Å². The molecule has 0 aliphatic carbocycles. The summed E-state index contributed by atoms with van der Waals surface area (Å²) in [5, 5.41) is 17.2. The predicted molar refractivity (Wildman–Crippen MR) is 121 cm³/mol. The normalized spacial score (nSPS) is 16.9. The van der Waals surface area contributed by atoms with E-state index < -0.39 is 5.60 Å². The Morgan fingerprint density at radius 3 is 2.62 bits per heavy atom. The fourth-order valence-electron chi connectivity index (χ4n) is 3.27. The van der Waals surface area contributed by atoms with E-state index in [-0.39, 0.29) is 5.82 Å². The SMILES string of the molecule is CCNC(=NCc1ccc(Oc2ccc(F)cc2)nc1)NCC(C)(O)CN1CCOCC1. The number of rotatable bonds is 9. The number of nitrogens with one attached hydrogen (secondary N) is 2. The van der Waals surface area contributed by atoms with Gasteiger partial charge in [0.15, 0.2) is 5.96 Å². The molecule has 174 valence electrons. The number of guanidine groups is 1. The number of benzene rings is 1. The Morgan fingerprint density at radius 2 is 1.97 bits per heavy atom. The van der Waals surface area contributed by atoms with Crippen molar-refractivity contribution >= 4 is 5.96 Å². The van der Waals surface area contributed by atoms with Crippen LogP contribution >= 0.6 is 0 Å². The van der Waals surface area contributed by atoms with Crippen LogP contribution in [0.15, 0.2) is 47.6 Å². The molecule has 0 saturated carbocycles. The van der Waals surface area contributed by atoms with Crippen LogP contribution in [0, 0.1) is 5.82 Å². The van der Waals surface area contributed by atoms with E-state index in [1.165, 1.54) is 12.1 Å². The number of hydrogen-bond acceptors (Lipinski definition) is 6. The van der Waals surface area contributed by atoms with Gasteiger partial charge in [-0.2, -0.15) is 0 Å². The molecule has 0 radical (unpaired) electrons. The maximum Gasteiger partial charge on any atom is 0.219 e. The number of nitrogens with zero attached hydrogens (tertiary/aromatic N) is 3. The van der Waals surface area contributed by atoms with E-state index in [2.05, 4.69) is 25.5 Å². The van der Waals surface area contributed by atoms with Crippen LogP contribution in [0.3, 0.4) is 0 Å². The zero-order valence-electron chi connectivity index (χ0n) is 18.7. The minimum atomic E-state index is -0.894. The number of ether oxygens (including phenoxy) is 2. The van der Waals surface area contributed by atoms with Crippen molar-refractivity contribution in [3.8, 4) is 11.6 Å². The van der Waals surface area contributed by atoms with Crippen molar-refractivity contribution in [3.63, 3.8) is 0 Å². The largest absolute Gasteiger partial charge is 0.439 e. The van der Waals surface area contributed by atoms with Crippen LogP contribution in [0.4, 0.5) is 4.39 Å². The first-order valence-electron chi connectivity index (χ1n) is 10.9. The first-order chi connectivity index (χ1) is 15.4. The van der Waals surface area contributed by atoms with E-state index in [0.717, 1.165) is 18.7 Å².